The Labute approximate surface area is 86.2 Å². The minimum atomic E-state index is -0.990. The number of hydrogen-bond donors (Lipinski definition) is 2. The van der Waals surface area contributed by atoms with Gasteiger partial charge in [0.25, 0.3) is 0 Å². The minimum absolute atomic E-state index is 0.0892. The van der Waals surface area contributed by atoms with Gasteiger partial charge < -0.3 is 15.3 Å². The van der Waals surface area contributed by atoms with Crippen LogP contribution in [-0.4, -0.2) is 47.4 Å². The molecule has 6 nitrogen and oxygen atoms in total. The lowest BCUT2D eigenvalue weighted by Gasteiger charge is -2.34. The summed E-state index contributed by atoms with van der Waals surface area (Å²) in [6.45, 7) is 0.606. The molecule has 0 atom stereocenters. The van der Waals surface area contributed by atoms with E-state index >= 15 is 0 Å². The molecule has 15 heavy (non-hydrogen) atoms. The molecule has 6 heteroatoms. The molecule has 1 spiro atoms. The molecule has 2 N–H and O–H groups in total. The molecule has 0 aromatic heterocycles. The molecular formula is C9H12N2O4. The van der Waals surface area contributed by atoms with Crippen LogP contribution in [0.1, 0.15) is 12.8 Å². The van der Waals surface area contributed by atoms with Crippen LogP contribution in [0.5, 0.6) is 0 Å². The van der Waals surface area contributed by atoms with Gasteiger partial charge in [0, 0.05) is 13.1 Å². The number of carboxylic acid groups (broad SMARTS) is 1. The number of likely N-dealkylation sites (tertiary alicyclic amines) is 1. The largest absolute Gasteiger partial charge is 0.465 e. The highest BCUT2D eigenvalue weighted by Crippen LogP contribution is 2.35. The van der Waals surface area contributed by atoms with Gasteiger partial charge in [0.05, 0.1) is 6.54 Å². The third-order valence-electron chi connectivity index (χ3n) is 3.27. The fourth-order valence-electron chi connectivity index (χ4n) is 2.21. The Bertz CT molecular complexity index is 313. The standard InChI is InChI=1S/C9H12N2O4/c12-6-5-10-7(13)9(6)1-3-11(4-2-9)8(14)15/h1-5H2,(H,10,13)(H,14,15). The molecule has 0 aromatic rings. The number of Topliss-reactive ketones (excluding diaryl/α,β-unsaturated/α-hetero) is 1. The van der Waals surface area contributed by atoms with Crippen LogP contribution in [-0.2, 0) is 9.59 Å². The lowest BCUT2D eigenvalue weighted by atomic mass is 9.76. The quantitative estimate of drug-likeness (QED) is 0.527. The lowest BCUT2D eigenvalue weighted by Crippen LogP contribution is -2.48. The molecule has 2 heterocycles. The molecule has 2 fully saturated rings. The van der Waals surface area contributed by atoms with E-state index in [-0.39, 0.29) is 31.3 Å². The van der Waals surface area contributed by atoms with E-state index in [0.717, 1.165) is 0 Å². The van der Waals surface area contributed by atoms with Gasteiger partial charge in [0.15, 0.2) is 5.78 Å². The van der Waals surface area contributed by atoms with Crippen molar-refractivity contribution in [1.29, 1.82) is 0 Å². The van der Waals surface area contributed by atoms with Crippen molar-refractivity contribution < 1.29 is 19.5 Å². The first-order valence-electron chi connectivity index (χ1n) is 4.86. The summed E-state index contributed by atoms with van der Waals surface area (Å²) in [5, 5.41) is 11.3. The highest BCUT2D eigenvalue weighted by Gasteiger charge is 2.51. The molecule has 0 bridgehead atoms. The van der Waals surface area contributed by atoms with E-state index in [1.807, 2.05) is 0 Å². The Morgan fingerprint density at radius 1 is 1.33 bits per heavy atom. The Kier molecular flexibility index (Phi) is 2.13. The number of carbonyl (C=O) groups is 3. The summed E-state index contributed by atoms with van der Waals surface area (Å²) in [6, 6.07) is 0. The van der Waals surface area contributed by atoms with E-state index in [2.05, 4.69) is 5.32 Å². The predicted molar refractivity (Wildman–Crippen MR) is 49.3 cm³/mol. The first-order valence-corrected chi connectivity index (χ1v) is 4.86. The van der Waals surface area contributed by atoms with Crippen molar-refractivity contribution in [3.8, 4) is 0 Å². The number of rotatable bonds is 0. The number of hydrogen-bond acceptors (Lipinski definition) is 3. The van der Waals surface area contributed by atoms with E-state index in [4.69, 9.17) is 5.11 Å². The summed E-state index contributed by atoms with van der Waals surface area (Å²) in [7, 11) is 0. The predicted octanol–water partition coefficient (Wildman–Crippen LogP) is -0.554. The van der Waals surface area contributed by atoms with Gasteiger partial charge in [0.1, 0.15) is 5.41 Å². The molecule has 2 rings (SSSR count). The average Bonchev–Trinajstić information content (AvgIpc) is 2.48. The van der Waals surface area contributed by atoms with E-state index in [0.29, 0.717) is 12.8 Å². The highest BCUT2D eigenvalue weighted by atomic mass is 16.4. The second kappa shape index (κ2) is 3.22. The summed E-state index contributed by atoms with van der Waals surface area (Å²) >= 11 is 0. The molecule has 2 aliphatic heterocycles. The van der Waals surface area contributed by atoms with Gasteiger partial charge in [-0.05, 0) is 12.8 Å². The van der Waals surface area contributed by atoms with Gasteiger partial charge in [-0.3, -0.25) is 9.59 Å². The number of nitrogens with zero attached hydrogens (tertiary/aromatic N) is 1. The third-order valence-corrected chi connectivity index (χ3v) is 3.27. The number of nitrogens with one attached hydrogen (secondary N) is 1. The van der Waals surface area contributed by atoms with Crippen molar-refractivity contribution in [2.45, 2.75) is 12.8 Å². The highest BCUT2D eigenvalue weighted by molar-refractivity contribution is 6.12. The van der Waals surface area contributed by atoms with E-state index in [1.54, 1.807) is 0 Å². The molecule has 82 valence electrons. The Morgan fingerprint density at radius 3 is 2.33 bits per heavy atom. The molecule has 2 saturated heterocycles. The van der Waals surface area contributed by atoms with E-state index < -0.39 is 11.5 Å². The maximum Gasteiger partial charge on any atom is 0.407 e. The zero-order chi connectivity index (χ0) is 11.1. The summed E-state index contributed by atoms with van der Waals surface area (Å²) < 4.78 is 0. The van der Waals surface area contributed by atoms with Gasteiger partial charge in [-0.1, -0.05) is 0 Å². The maximum atomic E-state index is 11.6. The molecule has 0 radical (unpaired) electrons. The summed E-state index contributed by atoms with van der Waals surface area (Å²) in [6.07, 6.45) is -0.371. The van der Waals surface area contributed by atoms with Crippen molar-refractivity contribution in [3.05, 3.63) is 0 Å². The van der Waals surface area contributed by atoms with Gasteiger partial charge >= 0.3 is 6.09 Å². The van der Waals surface area contributed by atoms with Crippen LogP contribution in [0.3, 0.4) is 0 Å². The van der Waals surface area contributed by atoms with Gasteiger partial charge in [-0.15, -0.1) is 0 Å². The number of carbonyl (C=O) groups excluding carboxylic acids is 2. The first-order chi connectivity index (χ1) is 7.06. The van der Waals surface area contributed by atoms with Crippen LogP contribution in [0.15, 0.2) is 0 Å². The minimum Gasteiger partial charge on any atom is -0.465 e. The fraction of sp³-hybridized carbons (Fsp3) is 0.667. The van der Waals surface area contributed by atoms with Gasteiger partial charge in [-0.25, -0.2) is 4.79 Å². The normalized spacial score (nSPS) is 24.4. The van der Waals surface area contributed by atoms with E-state index in [1.165, 1.54) is 4.90 Å². The number of amides is 2. The molecule has 0 saturated carbocycles. The Balaban J connectivity index is 2.12. The molecule has 0 aromatic carbocycles. The van der Waals surface area contributed by atoms with Crippen LogP contribution < -0.4 is 5.32 Å². The summed E-state index contributed by atoms with van der Waals surface area (Å²) in [4.78, 5) is 35.0. The zero-order valence-corrected chi connectivity index (χ0v) is 8.15. The molecule has 0 aliphatic carbocycles. The SMILES string of the molecule is O=C(O)N1CCC2(CC1)C(=O)CNC2=O. The van der Waals surface area contributed by atoms with Crippen molar-refractivity contribution in [2.24, 2.45) is 5.41 Å². The second-order valence-electron chi connectivity index (χ2n) is 3.96. The number of piperidine rings is 1. The van der Waals surface area contributed by atoms with Gasteiger partial charge in [-0.2, -0.15) is 0 Å². The molecular weight excluding hydrogens is 200 g/mol. The van der Waals surface area contributed by atoms with Crippen LogP contribution in [0.2, 0.25) is 0 Å². The van der Waals surface area contributed by atoms with Crippen molar-refractivity contribution in [2.75, 3.05) is 19.6 Å². The fourth-order valence-corrected chi connectivity index (χ4v) is 2.21. The van der Waals surface area contributed by atoms with Crippen molar-refractivity contribution in [3.63, 3.8) is 0 Å². The monoisotopic (exact) mass is 212 g/mol. The first kappa shape index (κ1) is 9.95. The van der Waals surface area contributed by atoms with Crippen molar-refractivity contribution in [1.82, 2.24) is 10.2 Å². The summed E-state index contributed by atoms with van der Waals surface area (Å²) in [5.74, 6) is -0.338. The van der Waals surface area contributed by atoms with E-state index in [9.17, 15) is 14.4 Å². The molecule has 2 amide bonds. The smallest absolute Gasteiger partial charge is 0.407 e. The van der Waals surface area contributed by atoms with Crippen molar-refractivity contribution >= 4 is 17.8 Å². The second-order valence-corrected chi connectivity index (χ2v) is 3.96. The van der Waals surface area contributed by atoms with Crippen LogP contribution >= 0.6 is 0 Å². The average molecular weight is 212 g/mol. The maximum absolute atomic E-state index is 11.6. The van der Waals surface area contributed by atoms with Gasteiger partial charge in [0.2, 0.25) is 5.91 Å². The van der Waals surface area contributed by atoms with Crippen LogP contribution in [0, 0.1) is 5.41 Å². The van der Waals surface area contributed by atoms with Crippen LogP contribution in [0.25, 0.3) is 0 Å². The summed E-state index contributed by atoms with van der Waals surface area (Å²) in [5.41, 5.74) is -0.939. The Morgan fingerprint density at radius 2 is 1.93 bits per heavy atom. The van der Waals surface area contributed by atoms with Crippen LogP contribution in [0.4, 0.5) is 4.79 Å². The zero-order valence-electron chi connectivity index (χ0n) is 8.15. The lowest BCUT2D eigenvalue weighted by molar-refractivity contribution is -0.138. The Hall–Kier alpha value is -1.59. The topological polar surface area (TPSA) is 86.7 Å². The number of ketones is 1. The molecule has 0 unspecified atom stereocenters. The molecule has 2 aliphatic rings. The third kappa shape index (κ3) is 1.36.